The van der Waals surface area contributed by atoms with Gasteiger partial charge in [-0.2, -0.15) is 0 Å². The van der Waals surface area contributed by atoms with Crippen LogP contribution in [0.1, 0.15) is 0 Å². The quantitative estimate of drug-likeness (QED) is 0.674. The molecule has 0 N–H and O–H groups in total. The molecule has 98 valence electrons. The molecule has 0 unspecified atom stereocenters. The van der Waals surface area contributed by atoms with Crippen molar-refractivity contribution in [1.29, 1.82) is 0 Å². The van der Waals surface area contributed by atoms with Gasteiger partial charge in [-0.25, -0.2) is 0 Å². The molecule has 2 aromatic heterocycles. The minimum absolute atomic E-state index is 0.156. The fourth-order valence-electron chi connectivity index (χ4n) is 2.14. The van der Waals surface area contributed by atoms with E-state index in [4.69, 9.17) is 9.47 Å². The number of ether oxygens (including phenoxy) is 2. The standard InChI is InChI=1S/C12H12N4O3/c1-15-11(17)7-4-9(18-2)10(19-3)5-8(7)16-6-13-14-12(15)16/h4-6H,1-3H3. The van der Waals surface area contributed by atoms with Crippen LogP contribution in [-0.2, 0) is 7.05 Å². The van der Waals surface area contributed by atoms with Gasteiger partial charge in [0.15, 0.2) is 11.5 Å². The van der Waals surface area contributed by atoms with Crippen LogP contribution in [-0.4, -0.2) is 33.4 Å². The van der Waals surface area contributed by atoms with E-state index in [1.165, 1.54) is 11.7 Å². The summed E-state index contributed by atoms with van der Waals surface area (Å²) in [6.07, 6.45) is 1.56. The number of nitrogens with zero attached hydrogens (tertiary/aromatic N) is 4. The molecule has 0 fully saturated rings. The fraction of sp³-hybridized carbons (Fsp3) is 0.250. The van der Waals surface area contributed by atoms with Crippen molar-refractivity contribution in [2.24, 2.45) is 7.05 Å². The van der Waals surface area contributed by atoms with Crippen molar-refractivity contribution in [3.05, 3.63) is 28.8 Å². The van der Waals surface area contributed by atoms with E-state index < -0.39 is 0 Å². The van der Waals surface area contributed by atoms with E-state index in [2.05, 4.69) is 10.2 Å². The van der Waals surface area contributed by atoms with Crippen molar-refractivity contribution >= 4 is 16.7 Å². The van der Waals surface area contributed by atoms with Gasteiger partial charge < -0.3 is 9.47 Å². The molecular formula is C12H12N4O3. The number of fused-ring (bicyclic) bond motifs is 3. The summed E-state index contributed by atoms with van der Waals surface area (Å²) in [5.41, 5.74) is 0.525. The summed E-state index contributed by atoms with van der Waals surface area (Å²) in [5.74, 6) is 1.54. The van der Waals surface area contributed by atoms with Crippen molar-refractivity contribution in [3.63, 3.8) is 0 Å². The second kappa shape index (κ2) is 3.98. The minimum atomic E-state index is -0.156. The van der Waals surface area contributed by atoms with Crippen LogP contribution in [0.3, 0.4) is 0 Å². The van der Waals surface area contributed by atoms with Gasteiger partial charge in [0, 0.05) is 13.1 Å². The van der Waals surface area contributed by atoms with E-state index in [0.29, 0.717) is 28.2 Å². The molecule has 3 aromatic rings. The van der Waals surface area contributed by atoms with Crippen LogP contribution >= 0.6 is 0 Å². The Hall–Kier alpha value is -2.57. The zero-order valence-electron chi connectivity index (χ0n) is 10.7. The molecule has 0 saturated carbocycles. The van der Waals surface area contributed by atoms with Crippen LogP contribution in [0.15, 0.2) is 23.3 Å². The summed E-state index contributed by atoms with van der Waals surface area (Å²) in [6, 6.07) is 3.40. The van der Waals surface area contributed by atoms with Crippen LogP contribution < -0.4 is 15.0 Å². The Labute approximate surface area is 108 Å². The average molecular weight is 260 g/mol. The largest absolute Gasteiger partial charge is 0.493 e. The first kappa shape index (κ1) is 11.5. The van der Waals surface area contributed by atoms with Gasteiger partial charge in [-0.05, 0) is 6.07 Å². The molecule has 0 saturated heterocycles. The monoisotopic (exact) mass is 260 g/mol. The maximum atomic E-state index is 12.3. The van der Waals surface area contributed by atoms with Gasteiger partial charge in [0.05, 0.1) is 25.1 Å². The molecule has 0 spiro atoms. The maximum absolute atomic E-state index is 12.3. The molecule has 0 aliphatic heterocycles. The first-order chi connectivity index (χ1) is 9.17. The smallest absolute Gasteiger partial charge is 0.262 e. The number of benzene rings is 1. The Morgan fingerprint density at radius 1 is 1.16 bits per heavy atom. The molecule has 3 rings (SSSR count). The third kappa shape index (κ3) is 1.48. The lowest BCUT2D eigenvalue weighted by Gasteiger charge is -2.11. The van der Waals surface area contributed by atoms with Crippen molar-refractivity contribution in [2.75, 3.05) is 14.2 Å². The van der Waals surface area contributed by atoms with Crippen LogP contribution in [0.25, 0.3) is 16.7 Å². The number of methoxy groups -OCH3 is 2. The van der Waals surface area contributed by atoms with Crippen LogP contribution in [0.4, 0.5) is 0 Å². The summed E-state index contributed by atoms with van der Waals surface area (Å²) in [5, 5.41) is 8.28. The van der Waals surface area contributed by atoms with E-state index in [9.17, 15) is 4.79 Å². The average Bonchev–Trinajstić information content (AvgIpc) is 2.92. The molecule has 1 aromatic carbocycles. The molecule has 7 heteroatoms. The summed E-state index contributed by atoms with van der Waals surface area (Å²) in [7, 11) is 4.74. The number of hydrogen-bond donors (Lipinski definition) is 0. The van der Waals surface area contributed by atoms with Crippen LogP contribution in [0.5, 0.6) is 11.5 Å². The highest BCUT2D eigenvalue weighted by Crippen LogP contribution is 2.30. The van der Waals surface area contributed by atoms with Gasteiger partial charge in [-0.15, -0.1) is 10.2 Å². The molecule has 0 bridgehead atoms. The van der Waals surface area contributed by atoms with Crippen molar-refractivity contribution in [2.45, 2.75) is 0 Å². The van der Waals surface area contributed by atoms with Crippen LogP contribution in [0.2, 0.25) is 0 Å². The second-order valence-electron chi connectivity index (χ2n) is 4.09. The molecule has 0 aliphatic rings. The summed E-state index contributed by atoms with van der Waals surface area (Å²) in [6.45, 7) is 0. The number of hydrogen-bond acceptors (Lipinski definition) is 5. The molecule has 2 heterocycles. The van der Waals surface area contributed by atoms with E-state index in [-0.39, 0.29) is 5.56 Å². The van der Waals surface area contributed by atoms with Crippen LogP contribution in [0, 0.1) is 0 Å². The van der Waals surface area contributed by atoms with E-state index in [0.717, 1.165) is 0 Å². The first-order valence-corrected chi connectivity index (χ1v) is 5.62. The van der Waals surface area contributed by atoms with Gasteiger partial charge in [0.25, 0.3) is 5.56 Å². The van der Waals surface area contributed by atoms with Gasteiger partial charge in [0.1, 0.15) is 6.33 Å². The summed E-state index contributed by atoms with van der Waals surface area (Å²) >= 11 is 0. The van der Waals surface area contributed by atoms with Gasteiger partial charge in [-0.3, -0.25) is 13.8 Å². The van der Waals surface area contributed by atoms with Gasteiger partial charge in [0.2, 0.25) is 5.78 Å². The predicted octanol–water partition coefficient (Wildman–Crippen LogP) is 0.598. The van der Waals surface area contributed by atoms with Crippen molar-refractivity contribution in [3.8, 4) is 11.5 Å². The Morgan fingerprint density at radius 2 is 1.84 bits per heavy atom. The van der Waals surface area contributed by atoms with Crippen molar-refractivity contribution < 1.29 is 9.47 Å². The highest BCUT2D eigenvalue weighted by Gasteiger charge is 2.14. The third-order valence-electron chi connectivity index (χ3n) is 3.13. The second-order valence-corrected chi connectivity index (χ2v) is 4.09. The lowest BCUT2D eigenvalue weighted by Crippen LogP contribution is -2.20. The molecule has 7 nitrogen and oxygen atoms in total. The molecular weight excluding hydrogens is 248 g/mol. The SMILES string of the molecule is COc1cc2c(=O)n(C)c3nncn3c2cc1OC. The topological polar surface area (TPSA) is 70.7 Å². The molecule has 0 amide bonds. The molecule has 0 radical (unpaired) electrons. The zero-order valence-corrected chi connectivity index (χ0v) is 10.7. The Morgan fingerprint density at radius 3 is 2.53 bits per heavy atom. The third-order valence-corrected chi connectivity index (χ3v) is 3.13. The number of aryl methyl sites for hydroxylation is 1. The number of rotatable bonds is 2. The Kier molecular flexibility index (Phi) is 2.41. The fourth-order valence-corrected chi connectivity index (χ4v) is 2.14. The molecule has 0 atom stereocenters. The zero-order chi connectivity index (χ0) is 13.6. The highest BCUT2D eigenvalue weighted by molar-refractivity contribution is 5.84. The molecule has 19 heavy (non-hydrogen) atoms. The molecule has 0 aliphatic carbocycles. The first-order valence-electron chi connectivity index (χ1n) is 5.62. The van der Waals surface area contributed by atoms with Gasteiger partial charge >= 0.3 is 0 Å². The summed E-state index contributed by atoms with van der Waals surface area (Å²) < 4.78 is 13.7. The number of aromatic nitrogens is 4. The predicted molar refractivity (Wildman–Crippen MR) is 68.8 cm³/mol. The lowest BCUT2D eigenvalue weighted by atomic mass is 10.2. The minimum Gasteiger partial charge on any atom is -0.493 e. The maximum Gasteiger partial charge on any atom is 0.262 e. The summed E-state index contributed by atoms with van der Waals surface area (Å²) in [4.78, 5) is 12.3. The lowest BCUT2D eigenvalue weighted by molar-refractivity contribution is 0.355. The Bertz CT molecular complexity index is 834. The highest BCUT2D eigenvalue weighted by atomic mass is 16.5. The Balaban J connectivity index is 2.57. The van der Waals surface area contributed by atoms with E-state index in [1.54, 1.807) is 37.0 Å². The van der Waals surface area contributed by atoms with Gasteiger partial charge in [-0.1, -0.05) is 0 Å². The van der Waals surface area contributed by atoms with E-state index >= 15 is 0 Å². The van der Waals surface area contributed by atoms with Crippen molar-refractivity contribution in [1.82, 2.24) is 19.2 Å². The van der Waals surface area contributed by atoms with E-state index in [1.807, 2.05) is 0 Å². The normalized spacial score (nSPS) is 11.1.